The van der Waals surface area contributed by atoms with Crippen LogP contribution in [-0.2, 0) is 4.74 Å². The van der Waals surface area contributed by atoms with Gasteiger partial charge >= 0.3 is 5.97 Å². The molecule has 21 heavy (non-hydrogen) atoms. The van der Waals surface area contributed by atoms with Gasteiger partial charge in [-0.25, -0.2) is 9.78 Å². The minimum absolute atomic E-state index is 0.296. The maximum atomic E-state index is 11.6. The molecule has 0 unspecified atom stereocenters. The Morgan fingerprint density at radius 2 is 2.10 bits per heavy atom. The summed E-state index contributed by atoms with van der Waals surface area (Å²) in [6.45, 7) is 7.40. The van der Waals surface area contributed by atoms with E-state index in [0.29, 0.717) is 16.2 Å². The average Bonchev–Trinajstić information content (AvgIpc) is 3.02. The summed E-state index contributed by atoms with van der Waals surface area (Å²) in [5.74, 6) is 0.421. The largest absolute Gasteiger partial charge is 0.465 e. The summed E-state index contributed by atoms with van der Waals surface area (Å²) in [7, 11) is 1.41. The standard InChI is InChI=1S/C16H26N2O2S/c1-11(2)9-16(7-5-6-8-16)10-17-15-18-12(3)13(21-15)14(19)20-4/h11H,5-10H2,1-4H3,(H,17,18). The molecule has 1 N–H and O–H groups in total. The van der Waals surface area contributed by atoms with Crippen LogP contribution in [0.4, 0.5) is 5.13 Å². The van der Waals surface area contributed by atoms with E-state index >= 15 is 0 Å². The number of hydrogen-bond acceptors (Lipinski definition) is 5. The second kappa shape index (κ2) is 6.77. The van der Waals surface area contributed by atoms with Crippen LogP contribution in [-0.4, -0.2) is 24.6 Å². The fraction of sp³-hybridized carbons (Fsp3) is 0.750. The number of nitrogens with zero attached hydrogens (tertiary/aromatic N) is 1. The van der Waals surface area contributed by atoms with Crippen LogP contribution in [0.5, 0.6) is 0 Å². The molecule has 1 aromatic heterocycles. The smallest absolute Gasteiger partial charge is 0.350 e. The predicted molar refractivity (Wildman–Crippen MR) is 87.0 cm³/mol. The van der Waals surface area contributed by atoms with Crippen LogP contribution in [0.2, 0.25) is 0 Å². The molecule has 1 heterocycles. The zero-order valence-corrected chi connectivity index (χ0v) is 14.3. The van der Waals surface area contributed by atoms with E-state index in [1.807, 2.05) is 6.92 Å². The lowest BCUT2D eigenvalue weighted by Crippen LogP contribution is -2.28. The molecule has 0 atom stereocenters. The zero-order valence-electron chi connectivity index (χ0n) is 13.5. The van der Waals surface area contributed by atoms with E-state index in [-0.39, 0.29) is 5.97 Å². The first-order valence-electron chi connectivity index (χ1n) is 7.75. The normalized spacial score (nSPS) is 17.2. The molecule has 0 bridgehead atoms. The number of carbonyl (C=O) groups excluding carboxylic acids is 1. The van der Waals surface area contributed by atoms with Crippen LogP contribution < -0.4 is 5.32 Å². The fourth-order valence-electron chi connectivity index (χ4n) is 3.46. The van der Waals surface area contributed by atoms with E-state index in [1.165, 1.54) is 50.6 Å². The summed E-state index contributed by atoms with van der Waals surface area (Å²) in [6.07, 6.45) is 6.52. The van der Waals surface area contributed by atoms with Crippen molar-refractivity contribution in [3.8, 4) is 0 Å². The number of thiazole rings is 1. The van der Waals surface area contributed by atoms with Gasteiger partial charge in [-0.15, -0.1) is 0 Å². The molecule has 5 heteroatoms. The highest BCUT2D eigenvalue weighted by atomic mass is 32.1. The van der Waals surface area contributed by atoms with Crippen molar-refractivity contribution in [1.82, 2.24) is 4.98 Å². The first-order chi connectivity index (χ1) is 9.96. The summed E-state index contributed by atoms with van der Waals surface area (Å²) in [4.78, 5) is 16.7. The second-order valence-electron chi connectivity index (χ2n) is 6.58. The summed E-state index contributed by atoms with van der Waals surface area (Å²) < 4.78 is 4.78. The highest BCUT2D eigenvalue weighted by Gasteiger charge is 2.34. The van der Waals surface area contributed by atoms with Gasteiger partial charge in [0.2, 0.25) is 0 Å². The monoisotopic (exact) mass is 310 g/mol. The van der Waals surface area contributed by atoms with Crippen molar-refractivity contribution >= 4 is 22.4 Å². The van der Waals surface area contributed by atoms with Crippen molar-refractivity contribution in [2.45, 2.75) is 52.9 Å². The lowest BCUT2D eigenvalue weighted by molar-refractivity contribution is 0.0605. The van der Waals surface area contributed by atoms with Gasteiger partial charge in [0.15, 0.2) is 5.13 Å². The summed E-state index contributed by atoms with van der Waals surface area (Å²) in [6, 6.07) is 0. The minimum atomic E-state index is -0.296. The highest BCUT2D eigenvalue weighted by molar-refractivity contribution is 7.17. The summed E-state index contributed by atoms with van der Waals surface area (Å²) in [5, 5.41) is 4.31. The molecule has 118 valence electrons. The van der Waals surface area contributed by atoms with E-state index in [4.69, 9.17) is 4.74 Å². The number of methoxy groups -OCH3 is 1. The maximum absolute atomic E-state index is 11.6. The summed E-state index contributed by atoms with van der Waals surface area (Å²) in [5.41, 5.74) is 1.15. The third-order valence-corrected chi connectivity index (χ3v) is 5.38. The number of rotatable bonds is 6. The van der Waals surface area contributed by atoms with Gasteiger partial charge in [0.25, 0.3) is 0 Å². The van der Waals surface area contributed by atoms with Crippen molar-refractivity contribution in [2.24, 2.45) is 11.3 Å². The van der Waals surface area contributed by atoms with Crippen LogP contribution in [0.25, 0.3) is 0 Å². The van der Waals surface area contributed by atoms with Gasteiger partial charge in [-0.3, -0.25) is 0 Å². The Morgan fingerprint density at radius 3 is 2.67 bits per heavy atom. The van der Waals surface area contributed by atoms with Crippen molar-refractivity contribution < 1.29 is 9.53 Å². The second-order valence-corrected chi connectivity index (χ2v) is 7.58. The van der Waals surface area contributed by atoms with Crippen molar-refractivity contribution in [1.29, 1.82) is 0 Å². The SMILES string of the molecule is COC(=O)c1sc(NCC2(CC(C)C)CCCC2)nc1C. The molecule has 1 aliphatic rings. The van der Waals surface area contributed by atoms with Gasteiger partial charge in [-0.05, 0) is 37.5 Å². The van der Waals surface area contributed by atoms with Gasteiger partial charge in [0.05, 0.1) is 12.8 Å². The Kier molecular flexibility index (Phi) is 5.25. The number of esters is 1. The van der Waals surface area contributed by atoms with Crippen LogP contribution in [0.1, 0.15) is 61.3 Å². The van der Waals surface area contributed by atoms with Crippen molar-refractivity contribution in [3.63, 3.8) is 0 Å². The molecular weight excluding hydrogens is 284 g/mol. The molecule has 0 spiro atoms. The van der Waals surface area contributed by atoms with Crippen LogP contribution in [0.3, 0.4) is 0 Å². The fourth-order valence-corrected chi connectivity index (χ4v) is 4.34. The van der Waals surface area contributed by atoms with Crippen molar-refractivity contribution in [3.05, 3.63) is 10.6 Å². The molecule has 1 fully saturated rings. The van der Waals surface area contributed by atoms with Crippen LogP contribution in [0.15, 0.2) is 0 Å². The Morgan fingerprint density at radius 1 is 1.43 bits per heavy atom. The molecule has 2 rings (SSSR count). The number of hydrogen-bond donors (Lipinski definition) is 1. The van der Waals surface area contributed by atoms with E-state index in [0.717, 1.165) is 17.4 Å². The van der Waals surface area contributed by atoms with E-state index < -0.39 is 0 Å². The number of carbonyl (C=O) groups is 1. The number of anilines is 1. The Balaban J connectivity index is 2.03. The third-order valence-electron chi connectivity index (χ3n) is 4.29. The van der Waals surface area contributed by atoms with E-state index in [1.54, 1.807) is 0 Å². The van der Waals surface area contributed by atoms with Gasteiger partial charge in [0, 0.05) is 6.54 Å². The number of ether oxygens (including phenoxy) is 1. The van der Waals surface area contributed by atoms with Gasteiger partial charge in [-0.1, -0.05) is 38.0 Å². The summed E-state index contributed by atoms with van der Waals surface area (Å²) >= 11 is 1.40. The zero-order chi connectivity index (χ0) is 15.5. The highest BCUT2D eigenvalue weighted by Crippen LogP contribution is 2.43. The molecule has 0 radical (unpaired) electrons. The minimum Gasteiger partial charge on any atom is -0.465 e. The lowest BCUT2D eigenvalue weighted by atomic mass is 9.78. The van der Waals surface area contributed by atoms with Crippen molar-refractivity contribution in [2.75, 3.05) is 19.0 Å². The molecule has 1 saturated carbocycles. The van der Waals surface area contributed by atoms with E-state index in [9.17, 15) is 4.79 Å². The van der Waals surface area contributed by atoms with Crippen LogP contribution in [0, 0.1) is 18.3 Å². The third kappa shape index (κ3) is 3.96. The average molecular weight is 310 g/mol. The predicted octanol–water partition coefficient (Wildman–Crippen LogP) is 4.26. The molecule has 0 aliphatic heterocycles. The molecule has 0 saturated heterocycles. The Hall–Kier alpha value is -1.10. The number of nitrogens with one attached hydrogen (secondary N) is 1. The Labute approximate surface area is 131 Å². The molecule has 0 amide bonds. The number of aromatic nitrogens is 1. The molecule has 4 nitrogen and oxygen atoms in total. The molecular formula is C16H26N2O2S. The quantitative estimate of drug-likeness (QED) is 0.798. The number of aryl methyl sites for hydroxylation is 1. The molecule has 1 aliphatic carbocycles. The van der Waals surface area contributed by atoms with Crippen LogP contribution >= 0.6 is 11.3 Å². The molecule has 1 aromatic rings. The topological polar surface area (TPSA) is 51.2 Å². The van der Waals surface area contributed by atoms with Gasteiger partial charge in [0.1, 0.15) is 4.88 Å². The molecule has 0 aromatic carbocycles. The van der Waals surface area contributed by atoms with Gasteiger partial charge < -0.3 is 10.1 Å². The van der Waals surface area contributed by atoms with E-state index in [2.05, 4.69) is 24.1 Å². The van der Waals surface area contributed by atoms with Gasteiger partial charge in [-0.2, -0.15) is 0 Å². The first-order valence-corrected chi connectivity index (χ1v) is 8.57. The first kappa shape index (κ1) is 16.3. The lowest BCUT2D eigenvalue weighted by Gasteiger charge is -2.31. The Bertz CT molecular complexity index is 490. The maximum Gasteiger partial charge on any atom is 0.350 e.